The number of ether oxygens (including phenoxy) is 1. The van der Waals surface area contributed by atoms with Crippen LogP contribution in [-0.4, -0.2) is 19.0 Å². The van der Waals surface area contributed by atoms with Gasteiger partial charge in [0.2, 0.25) is 0 Å². The quantitative estimate of drug-likeness (QED) is 0.710. The molecule has 0 saturated carbocycles. The van der Waals surface area contributed by atoms with Crippen molar-refractivity contribution in [1.82, 2.24) is 0 Å². The van der Waals surface area contributed by atoms with Gasteiger partial charge < -0.3 is 4.74 Å². The van der Waals surface area contributed by atoms with Crippen molar-refractivity contribution in [2.24, 2.45) is 4.99 Å². The lowest BCUT2D eigenvalue weighted by atomic mass is 10.1. The maximum Gasteiger partial charge on any atom is 0.169 e. The lowest BCUT2D eigenvalue weighted by molar-refractivity contribution is 0.327. The second-order valence-electron chi connectivity index (χ2n) is 3.04. The van der Waals surface area contributed by atoms with E-state index >= 15 is 0 Å². The molecule has 1 aliphatic rings. The first-order valence-electron chi connectivity index (χ1n) is 4.23. The molecule has 0 spiro atoms. The topological polar surface area (TPSA) is 21.6 Å². The van der Waals surface area contributed by atoms with Crippen LogP contribution < -0.4 is 0 Å². The molecule has 1 aliphatic heterocycles. The number of aliphatic imine (C=N–C) groups is 1. The lowest BCUT2D eigenvalue weighted by Gasteiger charge is -2.06. The summed E-state index contributed by atoms with van der Waals surface area (Å²) in [7, 11) is 0. The summed E-state index contributed by atoms with van der Waals surface area (Å²) in [6.07, 6.45) is 2.37. The minimum Gasteiger partial charge on any atom is -0.481 e. The van der Waals surface area contributed by atoms with Gasteiger partial charge in [-0.15, -0.1) is 0 Å². The molecule has 0 radical (unpaired) electrons. The van der Waals surface area contributed by atoms with E-state index in [0.717, 1.165) is 17.0 Å². The summed E-state index contributed by atoms with van der Waals surface area (Å²) in [6, 6.07) is 8.08. The molecule has 1 aromatic carbocycles. The first kappa shape index (κ1) is 8.57. The molecule has 0 N–H and O–H groups in total. The van der Waals surface area contributed by atoms with Crippen LogP contribution in [0.5, 0.6) is 0 Å². The van der Waals surface area contributed by atoms with Crippen LogP contribution in [0, 0.1) is 0 Å². The van der Waals surface area contributed by atoms with Crippen molar-refractivity contribution in [1.29, 1.82) is 0 Å². The SMILES string of the molecule is Clc1ccccc1CC1COC=N1. The van der Waals surface area contributed by atoms with Crippen molar-refractivity contribution in [2.45, 2.75) is 12.5 Å². The molecule has 0 saturated heterocycles. The zero-order chi connectivity index (χ0) is 9.10. The van der Waals surface area contributed by atoms with Gasteiger partial charge in [0.1, 0.15) is 6.61 Å². The van der Waals surface area contributed by atoms with E-state index in [9.17, 15) is 0 Å². The Balaban J connectivity index is 2.09. The van der Waals surface area contributed by atoms with Crippen molar-refractivity contribution in [2.75, 3.05) is 6.61 Å². The first-order valence-corrected chi connectivity index (χ1v) is 4.61. The summed E-state index contributed by atoms with van der Waals surface area (Å²) in [4.78, 5) is 4.17. The number of nitrogens with zero attached hydrogens (tertiary/aromatic N) is 1. The Kier molecular flexibility index (Phi) is 2.50. The third kappa shape index (κ3) is 2.01. The van der Waals surface area contributed by atoms with Crippen molar-refractivity contribution >= 4 is 18.0 Å². The number of rotatable bonds is 2. The monoisotopic (exact) mass is 195 g/mol. The third-order valence-electron chi connectivity index (χ3n) is 2.05. The fraction of sp³-hybridized carbons (Fsp3) is 0.300. The van der Waals surface area contributed by atoms with Crippen LogP contribution >= 0.6 is 11.6 Å². The van der Waals surface area contributed by atoms with E-state index in [1.54, 1.807) is 0 Å². The van der Waals surface area contributed by atoms with Crippen LogP contribution in [0.4, 0.5) is 0 Å². The smallest absolute Gasteiger partial charge is 0.169 e. The van der Waals surface area contributed by atoms with Crippen LogP contribution in [0.15, 0.2) is 29.3 Å². The average molecular weight is 196 g/mol. The van der Waals surface area contributed by atoms with Gasteiger partial charge >= 0.3 is 0 Å². The van der Waals surface area contributed by atoms with Gasteiger partial charge in [-0.25, -0.2) is 0 Å². The van der Waals surface area contributed by atoms with Gasteiger partial charge in [0.05, 0.1) is 6.04 Å². The molecule has 0 aliphatic carbocycles. The second-order valence-corrected chi connectivity index (χ2v) is 3.44. The molecule has 0 fully saturated rings. The molecule has 0 amide bonds. The summed E-state index contributed by atoms with van der Waals surface area (Å²) in [5.41, 5.74) is 1.14. The fourth-order valence-electron chi connectivity index (χ4n) is 1.36. The van der Waals surface area contributed by atoms with E-state index in [4.69, 9.17) is 16.3 Å². The molecule has 3 heteroatoms. The molecule has 0 aromatic heterocycles. The molecular weight excluding hydrogens is 186 g/mol. The van der Waals surface area contributed by atoms with Gasteiger partial charge in [0, 0.05) is 5.02 Å². The van der Waals surface area contributed by atoms with Crippen LogP contribution in [0.1, 0.15) is 5.56 Å². The van der Waals surface area contributed by atoms with Crippen molar-refractivity contribution in [3.63, 3.8) is 0 Å². The first-order chi connectivity index (χ1) is 6.36. The maximum absolute atomic E-state index is 6.01. The Morgan fingerprint density at radius 3 is 3.00 bits per heavy atom. The van der Waals surface area contributed by atoms with E-state index < -0.39 is 0 Å². The van der Waals surface area contributed by atoms with Gasteiger partial charge in [-0.2, -0.15) is 0 Å². The van der Waals surface area contributed by atoms with E-state index in [-0.39, 0.29) is 6.04 Å². The van der Waals surface area contributed by atoms with E-state index in [1.807, 2.05) is 24.3 Å². The summed E-state index contributed by atoms with van der Waals surface area (Å²) >= 11 is 6.01. The van der Waals surface area contributed by atoms with Gasteiger partial charge in [-0.3, -0.25) is 4.99 Å². The average Bonchev–Trinajstić information content (AvgIpc) is 2.61. The Morgan fingerprint density at radius 1 is 1.46 bits per heavy atom. The van der Waals surface area contributed by atoms with Gasteiger partial charge in [-0.1, -0.05) is 29.8 Å². The van der Waals surface area contributed by atoms with Crippen molar-refractivity contribution in [3.05, 3.63) is 34.9 Å². The standard InChI is InChI=1S/C10H10ClNO/c11-10-4-2-1-3-8(10)5-9-6-13-7-12-9/h1-4,7,9H,5-6H2. The largest absolute Gasteiger partial charge is 0.481 e. The molecule has 68 valence electrons. The highest BCUT2D eigenvalue weighted by atomic mass is 35.5. The molecule has 2 nitrogen and oxygen atoms in total. The lowest BCUT2D eigenvalue weighted by Crippen LogP contribution is -2.10. The van der Waals surface area contributed by atoms with Crippen LogP contribution in [0.3, 0.4) is 0 Å². The Hall–Kier alpha value is -1.02. The van der Waals surface area contributed by atoms with Crippen molar-refractivity contribution < 1.29 is 4.74 Å². The minimum atomic E-state index is 0.236. The van der Waals surface area contributed by atoms with Gasteiger partial charge in [0.15, 0.2) is 6.40 Å². The van der Waals surface area contributed by atoms with Crippen LogP contribution in [0.2, 0.25) is 5.02 Å². The normalized spacial score (nSPS) is 20.2. The van der Waals surface area contributed by atoms with Crippen LogP contribution in [0.25, 0.3) is 0 Å². The summed E-state index contributed by atoms with van der Waals surface area (Å²) in [6.45, 7) is 0.672. The van der Waals surface area contributed by atoms with Crippen molar-refractivity contribution in [3.8, 4) is 0 Å². The number of halogens is 1. The highest BCUT2D eigenvalue weighted by Crippen LogP contribution is 2.18. The highest BCUT2D eigenvalue weighted by Gasteiger charge is 2.13. The molecule has 1 heterocycles. The highest BCUT2D eigenvalue weighted by molar-refractivity contribution is 6.31. The minimum absolute atomic E-state index is 0.236. The zero-order valence-corrected chi connectivity index (χ0v) is 7.87. The molecule has 1 aromatic rings. The predicted molar refractivity (Wildman–Crippen MR) is 53.4 cm³/mol. The Bertz CT molecular complexity index is 324. The Morgan fingerprint density at radius 2 is 2.31 bits per heavy atom. The summed E-state index contributed by atoms with van der Waals surface area (Å²) in [5, 5.41) is 0.810. The summed E-state index contributed by atoms with van der Waals surface area (Å²) < 4.78 is 5.03. The molecule has 1 atom stereocenters. The van der Waals surface area contributed by atoms with E-state index in [0.29, 0.717) is 6.61 Å². The third-order valence-corrected chi connectivity index (χ3v) is 2.42. The Labute approximate surface area is 82.2 Å². The number of hydrogen-bond donors (Lipinski definition) is 0. The maximum atomic E-state index is 6.01. The van der Waals surface area contributed by atoms with E-state index in [2.05, 4.69) is 4.99 Å². The van der Waals surface area contributed by atoms with Gasteiger partial charge in [0.25, 0.3) is 0 Å². The predicted octanol–water partition coefficient (Wildman–Crippen LogP) is 2.31. The molecule has 13 heavy (non-hydrogen) atoms. The van der Waals surface area contributed by atoms with Crippen LogP contribution in [-0.2, 0) is 11.2 Å². The van der Waals surface area contributed by atoms with Gasteiger partial charge in [-0.05, 0) is 18.1 Å². The molecule has 0 bridgehead atoms. The van der Waals surface area contributed by atoms with E-state index in [1.165, 1.54) is 6.40 Å². The molecule has 2 rings (SSSR count). The fourth-order valence-corrected chi connectivity index (χ4v) is 1.57. The molecular formula is C10H10ClNO. The summed E-state index contributed by atoms with van der Waals surface area (Å²) in [5.74, 6) is 0. The molecule has 1 unspecified atom stereocenters. The zero-order valence-electron chi connectivity index (χ0n) is 7.11. The second kappa shape index (κ2) is 3.79. The number of benzene rings is 1. The number of hydrogen-bond acceptors (Lipinski definition) is 2.